The summed E-state index contributed by atoms with van der Waals surface area (Å²) in [6, 6.07) is 21.2. The van der Waals surface area contributed by atoms with E-state index in [9.17, 15) is 4.57 Å². The molecule has 1 aliphatic rings. The molecule has 0 heterocycles. The van der Waals surface area contributed by atoms with Crippen LogP contribution < -0.4 is 5.30 Å². The third kappa shape index (κ3) is 2.54. The number of fused-ring (bicyclic) bond motifs is 2. The maximum Gasteiger partial charge on any atom is 0.110 e. The van der Waals surface area contributed by atoms with Gasteiger partial charge < -0.3 is 4.57 Å². The van der Waals surface area contributed by atoms with E-state index < -0.39 is 7.14 Å². The molecular formula is C22H21OP. The Morgan fingerprint density at radius 2 is 1.62 bits per heavy atom. The normalized spacial score (nSPS) is 14.3. The highest BCUT2D eigenvalue weighted by Gasteiger charge is 2.23. The number of hydrogen-bond acceptors (Lipinski definition) is 1. The second-order valence-corrected chi connectivity index (χ2v) is 10.0. The first-order chi connectivity index (χ1) is 11.6. The molecule has 3 aromatic rings. The van der Waals surface area contributed by atoms with E-state index >= 15 is 0 Å². The van der Waals surface area contributed by atoms with Gasteiger partial charge in [-0.3, -0.25) is 0 Å². The summed E-state index contributed by atoms with van der Waals surface area (Å²) in [5.74, 6) is 0. The number of aryl methyl sites for hydroxylation is 1. The predicted octanol–water partition coefficient (Wildman–Crippen LogP) is 5.47. The van der Waals surface area contributed by atoms with Gasteiger partial charge in [-0.2, -0.15) is 0 Å². The highest BCUT2D eigenvalue weighted by molar-refractivity contribution is 7.70. The Bertz CT molecular complexity index is 1010. The summed E-state index contributed by atoms with van der Waals surface area (Å²) in [6.45, 7) is 3.74. The molecule has 0 bridgehead atoms. The molecule has 120 valence electrons. The van der Waals surface area contributed by atoms with Crippen LogP contribution in [0.4, 0.5) is 0 Å². The Morgan fingerprint density at radius 3 is 2.46 bits per heavy atom. The summed E-state index contributed by atoms with van der Waals surface area (Å²) >= 11 is 0. The predicted molar refractivity (Wildman–Crippen MR) is 105 cm³/mol. The van der Waals surface area contributed by atoms with Crippen molar-refractivity contribution in [2.75, 3.05) is 13.3 Å². The van der Waals surface area contributed by atoms with Crippen molar-refractivity contribution in [1.82, 2.24) is 0 Å². The third-order valence-electron chi connectivity index (χ3n) is 4.83. The van der Waals surface area contributed by atoms with Crippen molar-refractivity contribution in [3.05, 3.63) is 83.4 Å². The quantitative estimate of drug-likeness (QED) is 0.569. The van der Waals surface area contributed by atoms with Crippen LogP contribution in [0.2, 0.25) is 0 Å². The summed E-state index contributed by atoms with van der Waals surface area (Å²) in [4.78, 5) is 0. The summed E-state index contributed by atoms with van der Waals surface area (Å²) in [5, 5.41) is 3.39. The molecule has 4 rings (SSSR count). The van der Waals surface area contributed by atoms with Crippen molar-refractivity contribution >= 4 is 28.8 Å². The van der Waals surface area contributed by atoms with Crippen molar-refractivity contribution in [1.29, 1.82) is 0 Å². The molecule has 0 amide bonds. The monoisotopic (exact) mass is 332 g/mol. The molecule has 0 aliphatic heterocycles. The van der Waals surface area contributed by atoms with Crippen LogP contribution in [-0.2, 0) is 11.0 Å². The Kier molecular flexibility index (Phi) is 3.70. The van der Waals surface area contributed by atoms with Gasteiger partial charge in [0, 0.05) is 10.9 Å². The van der Waals surface area contributed by atoms with Crippen LogP contribution >= 0.6 is 7.14 Å². The fourth-order valence-corrected chi connectivity index (χ4v) is 4.92. The highest BCUT2D eigenvalue weighted by atomic mass is 31.2. The standard InChI is InChI=1S/C22H21OP/c1-24(2,23)21-15-14-17-9-4-6-12-19(17)22(21)20-13-7-10-16-8-3-5-11-18(16)20/h3-6,8-9,11-15H,7,10H2,1-2H3. The maximum absolute atomic E-state index is 13.0. The molecule has 0 aromatic heterocycles. The molecule has 0 N–H and O–H groups in total. The molecule has 24 heavy (non-hydrogen) atoms. The lowest BCUT2D eigenvalue weighted by atomic mass is 9.85. The lowest BCUT2D eigenvalue weighted by Gasteiger charge is -2.23. The molecule has 3 aromatic carbocycles. The Balaban J connectivity index is 2.09. The van der Waals surface area contributed by atoms with E-state index in [4.69, 9.17) is 0 Å². The fraction of sp³-hybridized carbons (Fsp3) is 0.182. The van der Waals surface area contributed by atoms with Crippen LogP contribution in [0.3, 0.4) is 0 Å². The number of hydrogen-bond donors (Lipinski definition) is 0. The number of rotatable bonds is 2. The first-order valence-corrected chi connectivity index (χ1v) is 11.0. The molecule has 0 spiro atoms. The van der Waals surface area contributed by atoms with E-state index in [0.717, 1.165) is 23.7 Å². The zero-order valence-electron chi connectivity index (χ0n) is 14.1. The van der Waals surface area contributed by atoms with Gasteiger partial charge in [0.2, 0.25) is 0 Å². The average molecular weight is 332 g/mol. The summed E-state index contributed by atoms with van der Waals surface area (Å²) < 4.78 is 13.0. The maximum atomic E-state index is 13.0. The van der Waals surface area contributed by atoms with Gasteiger partial charge in [-0.15, -0.1) is 0 Å². The van der Waals surface area contributed by atoms with Gasteiger partial charge >= 0.3 is 0 Å². The number of allylic oxidation sites excluding steroid dienone is 1. The van der Waals surface area contributed by atoms with Gasteiger partial charge in [-0.05, 0) is 53.6 Å². The summed E-state index contributed by atoms with van der Waals surface area (Å²) in [7, 11) is -2.38. The third-order valence-corrected chi connectivity index (χ3v) is 6.36. The van der Waals surface area contributed by atoms with E-state index in [2.05, 4.69) is 66.7 Å². The van der Waals surface area contributed by atoms with Gasteiger partial charge in [0.15, 0.2) is 0 Å². The molecule has 0 fully saturated rings. The minimum Gasteiger partial charge on any atom is -0.319 e. The second-order valence-electron chi connectivity index (χ2n) is 6.85. The molecular weight excluding hydrogens is 311 g/mol. The van der Waals surface area contributed by atoms with Crippen LogP contribution in [0.15, 0.2) is 66.7 Å². The van der Waals surface area contributed by atoms with E-state index in [1.165, 1.54) is 27.5 Å². The van der Waals surface area contributed by atoms with Crippen molar-refractivity contribution in [2.45, 2.75) is 12.8 Å². The molecule has 0 saturated heterocycles. The van der Waals surface area contributed by atoms with Crippen molar-refractivity contribution in [3.8, 4) is 0 Å². The largest absolute Gasteiger partial charge is 0.319 e. The van der Waals surface area contributed by atoms with Crippen LogP contribution in [0.5, 0.6) is 0 Å². The fourth-order valence-electron chi connectivity index (χ4n) is 3.71. The van der Waals surface area contributed by atoms with Gasteiger partial charge in [-0.25, -0.2) is 0 Å². The van der Waals surface area contributed by atoms with Crippen LogP contribution in [0, 0.1) is 0 Å². The van der Waals surface area contributed by atoms with Gasteiger partial charge in [-0.1, -0.05) is 66.7 Å². The van der Waals surface area contributed by atoms with E-state index in [1.807, 2.05) is 13.3 Å². The van der Waals surface area contributed by atoms with Crippen LogP contribution in [0.25, 0.3) is 16.3 Å². The zero-order valence-corrected chi connectivity index (χ0v) is 15.0. The topological polar surface area (TPSA) is 17.1 Å². The van der Waals surface area contributed by atoms with Crippen molar-refractivity contribution in [2.24, 2.45) is 0 Å². The van der Waals surface area contributed by atoms with Gasteiger partial charge in [0.1, 0.15) is 7.14 Å². The highest BCUT2D eigenvalue weighted by Crippen LogP contribution is 2.43. The minimum atomic E-state index is -2.38. The Hall–Kier alpha value is -2.11. The Morgan fingerprint density at radius 1 is 0.875 bits per heavy atom. The Labute approximate surface area is 143 Å². The molecule has 2 heteroatoms. The lowest BCUT2D eigenvalue weighted by Crippen LogP contribution is -2.13. The lowest BCUT2D eigenvalue weighted by molar-refractivity contribution is 0.588. The van der Waals surface area contributed by atoms with Crippen LogP contribution in [0.1, 0.15) is 23.1 Å². The minimum absolute atomic E-state index is 0.990. The summed E-state index contributed by atoms with van der Waals surface area (Å²) in [6.07, 6.45) is 4.44. The molecule has 1 aliphatic carbocycles. The van der Waals surface area contributed by atoms with E-state index in [1.54, 1.807) is 0 Å². The first kappa shape index (κ1) is 15.4. The molecule has 0 saturated carbocycles. The van der Waals surface area contributed by atoms with Crippen molar-refractivity contribution < 1.29 is 4.57 Å². The van der Waals surface area contributed by atoms with Crippen LogP contribution in [-0.4, -0.2) is 13.3 Å². The molecule has 0 radical (unpaired) electrons. The smallest absolute Gasteiger partial charge is 0.110 e. The average Bonchev–Trinajstić information content (AvgIpc) is 2.59. The second kappa shape index (κ2) is 5.76. The summed E-state index contributed by atoms with van der Waals surface area (Å²) in [5.41, 5.74) is 5.08. The SMILES string of the molecule is CP(C)(=O)c1ccc2ccccc2c1C1=CCCc2ccccc21. The molecule has 0 atom stereocenters. The molecule has 1 nitrogen and oxygen atoms in total. The molecule has 0 unspecified atom stereocenters. The van der Waals surface area contributed by atoms with Gasteiger partial charge in [0.05, 0.1) is 0 Å². The van der Waals surface area contributed by atoms with Crippen molar-refractivity contribution in [3.63, 3.8) is 0 Å². The first-order valence-electron chi connectivity index (χ1n) is 8.42. The van der Waals surface area contributed by atoms with E-state index in [0.29, 0.717) is 0 Å². The number of benzene rings is 3. The zero-order chi connectivity index (χ0) is 16.7. The van der Waals surface area contributed by atoms with Gasteiger partial charge in [0.25, 0.3) is 0 Å². The van der Waals surface area contributed by atoms with E-state index in [-0.39, 0.29) is 0 Å².